The molecule has 94 valence electrons. The van der Waals surface area contributed by atoms with Gasteiger partial charge in [-0.15, -0.1) is 0 Å². The molecule has 2 aromatic carbocycles. The van der Waals surface area contributed by atoms with Gasteiger partial charge >= 0.3 is 0 Å². The first-order valence-electron chi connectivity index (χ1n) is 5.95. The van der Waals surface area contributed by atoms with Crippen LogP contribution in [0.15, 0.2) is 54.6 Å². The summed E-state index contributed by atoms with van der Waals surface area (Å²) < 4.78 is 5.68. The number of benzene rings is 2. The molecule has 0 spiro atoms. The largest absolute Gasteiger partial charge is 0.457 e. The lowest BCUT2D eigenvalue weighted by molar-refractivity contribution is 0.483. The Hall–Kier alpha value is -2.73. The fraction of sp³-hybridized carbons (Fsp3) is 0.0625. The van der Waals surface area contributed by atoms with Gasteiger partial charge in [-0.05, 0) is 42.0 Å². The van der Waals surface area contributed by atoms with Crippen LogP contribution in [-0.2, 0) is 0 Å². The molecule has 0 fully saturated rings. The van der Waals surface area contributed by atoms with E-state index in [0.717, 1.165) is 17.1 Å². The van der Waals surface area contributed by atoms with E-state index in [2.05, 4.69) is 6.07 Å². The summed E-state index contributed by atoms with van der Waals surface area (Å²) >= 11 is 0. The van der Waals surface area contributed by atoms with Gasteiger partial charge in [0, 0.05) is 5.69 Å². The molecule has 2 aromatic rings. The minimum Gasteiger partial charge on any atom is -0.457 e. The molecule has 0 unspecified atom stereocenters. The van der Waals surface area contributed by atoms with Crippen LogP contribution in [0.25, 0.3) is 6.08 Å². The van der Waals surface area contributed by atoms with Crippen LogP contribution in [0, 0.1) is 11.3 Å². The number of nitriles is 1. The third-order valence-corrected chi connectivity index (χ3v) is 2.52. The predicted molar refractivity (Wildman–Crippen MR) is 76.6 cm³/mol. The average Bonchev–Trinajstić information content (AvgIpc) is 2.44. The lowest BCUT2D eigenvalue weighted by Crippen LogP contribution is -1.86. The van der Waals surface area contributed by atoms with Gasteiger partial charge in [0.05, 0.1) is 12.5 Å². The molecule has 19 heavy (non-hydrogen) atoms. The van der Waals surface area contributed by atoms with E-state index in [0.29, 0.717) is 12.1 Å². The van der Waals surface area contributed by atoms with Crippen LogP contribution in [0.1, 0.15) is 12.0 Å². The van der Waals surface area contributed by atoms with Gasteiger partial charge in [-0.1, -0.05) is 24.3 Å². The third-order valence-electron chi connectivity index (χ3n) is 2.52. The Morgan fingerprint density at radius 1 is 1.00 bits per heavy atom. The first-order chi connectivity index (χ1) is 9.28. The highest BCUT2D eigenvalue weighted by Gasteiger charge is 1.96. The quantitative estimate of drug-likeness (QED) is 0.835. The topological polar surface area (TPSA) is 59.0 Å². The second-order valence-corrected chi connectivity index (χ2v) is 4.00. The Labute approximate surface area is 112 Å². The second kappa shape index (κ2) is 6.27. The van der Waals surface area contributed by atoms with E-state index in [4.69, 9.17) is 15.7 Å². The zero-order valence-corrected chi connectivity index (χ0v) is 10.4. The van der Waals surface area contributed by atoms with Gasteiger partial charge in [-0.3, -0.25) is 0 Å². The molecule has 2 rings (SSSR count). The van der Waals surface area contributed by atoms with Crippen molar-refractivity contribution in [2.45, 2.75) is 6.42 Å². The summed E-state index contributed by atoms with van der Waals surface area (Å²) in [4.78, 5) is 0. The van der Waals surface area contributed by atoms with Crippen LogP contribution >= 0.6 is 0 Å². The molecule has 0 saturated carbocycles. The summed E-state index contributed by atoms with van der Waals surface area (Å²) in [6, 6.07) is 17.0. The number of nitrogens with two attached hydrogens (primary N) is 1. The Bertz CT molecular complexity index is 592. The number of rotatable bonds is 4. The normalized spacial score (nSPS) is 10.3. The van der Waals surface area contributed by atoms with Gasteiger partial charge in [-0.2, -0.15) is 5.26 Å². The summed E-state index contributed by atoms with van der Waals surface area (Å²) in [6.45, 7) is 0. The van der Waals surface area contributed by atoms with Crippen LogP contribution < -0.4 is 10.5 Å². The predicted octanol–water partition coefficient (Wildman–Crippen LogP) is 3.99. The second-order valence-electron chi connectivity index (χ2n) is 4.00. The van der Waals surface area contributed by atoms with Crippen molar-refractivity contribution in [1.82, 2.24) is 0 Å². The van der Waals surface area contributed by atoms with Crippen LogP contribution in [0.3, 0.4) is 0 Å². The highest BCUT2D eigenvalue weighted by Crippen LogP contribution is 2.22. The lowest BCUT2D eigenvalue weighted by atomic mass is 10.2. The van der Waals surface area contributed by atoms with Gasteiger partial charge in [0.15, 0.2) is 0 Å². The molecule has 0 amide bonds. The van der Waals surface area contributed by atoms with Crippen molar-refractivity contribution in [3.8, 4) is 17.6 Å². The number of allylic oxidation sites excluding steroid dienone is 1. The van der Waals surface area contributed by atoms with E-state index in [1.54, 1.807) is 12.1 Å². The van der Waals surface area contributed by atoms with Gasteiger partial charge in [0.1, 0.15) is 11.5 Å². The Balaban J connectivity index is 2.02. The Morgan fingerprint density at radius 2 is 1.58 bits per heavy atom. The number of ether oxygens (including phenoxy) is 1. The van der Waals surface area contributed by atoms with Crippen LogP contribution in [-0.4, -0.2) is 0 Å². The van der Waals surface area contributed by atoms with Gasteiger partial charge in [0.2, 0.25) is 0 Å². The fourth-order valence-electron chi connectivity index (χ4n) is 1.57. The molecule has 0 aliphatic heterocycles. The zero-order chi connectivity index (χ0) is 13.5. The van der Waals surface area contributed by atoms with Crippen molar-refractivity contribution in [2.75, 3.05) is 5.73 Å². The zero-order valence-electron chi connectivity index (χ0n) is 10.4. The number of nitrogen functional groups attached to an aromatic ring is 1. The Morgan fingerprint density at radius 3 is 2.16 bits per heavy atom. The average molecular weight is 250 g/mol. The van der Waals surface area contributed by atoms with Crippen molar-refractivity contribution < 1.29 is 4.74 Å². The van der Waals surface area contributed by atoms with Gasteiger partial charge < -0.3 is 10.5 Å². The maximum absolute atomic E-state index is 8.44. The fourth-order valence-corrected chi connectivity index (χ4v) is 1.57. The molecular weight excluding hydrogens is 236 g/mol. The molecule has 2 N–H and O–H groups in total. The van der Waals surface area contributed by atoms with Crippen molar-refractivity contribution in [1.29, 1.82) is 5.26 Å². The van der Waals surface area contributed by atoms with E-state index < -0.39 is 0 Å². The minimum absolute atomic E-state index is 0.420. The van der Waals surface area contributed by atoms with Gasteiger partial charge in [0.25, 0.3) is 0 Å². The minimum atomic E-state index is 0.420. The molecule has 0 aliphatic rings. The highest BCUT2D eigenvalue weighted by molar-refractivity contribution is 5.51. The Kier molecular flexibility index (Phi) is 4.20. The van der Waals surface area contributed by atoms with Crippen molar-refractivity contribution in [3.63, 3.8) is 0 Å². The maximum atomic E-state index is 8.44. The van der Waals surface area contributed by atoms with E-state index in [1.165, 1.54) is 0 Å². The molecule has 0 aliphatic carbocycles. The smallest absolute Gasteiger partial charge is 0.127 e. The maximum Gasteiger partial charge on any atom is 0.127 e. The van der Waals surface area contributed by atoms with Crippen molar-refractivity contribution in [2.24, 2.45) is 0 Å². The summed E-state index contributed by atoms with van der Waals surface area (Å²) in [7, 11) is 0. The molecule has 0 saturated heterocycles. The van der Waals surface area contributed by atoms with Crippen LogP contribution in [0.2, 0.25) is 0 Å². The SMILES string of the molecule is N#CCC=Cc1ccc(Oc2ccc(N)cc2)cc1. The molecule has 3 heteroatoms. The first-order valence-corrected chi connectivity index (χ1v) is 5.95. The summed E-state index contributed by atoms with van der Waals surface area (Å²) in [5, 5.41) is 8.44. The van der Waals surface area contributed by atoms with Crippen LogP contribution in [0.5, 0.6) is 11.5 Å². The number of hydrogen-bond donors (Lipinski definition) is 1. The monoisotopic (exact) mass is 250 g/mol. The molecule has 0 atom stereocenters. The third kappa shape index (κ3) is 3.90. The molecule has 0 aromatic heterocycles. The molecule has 0 heterocycles. The first kappa shape index (κ1) is 12.7. The number of hydrogen-bond acceptors (Lipinski definition) is 3. The van der Waals surface area contributed by atoms with Crippen molar-refractivity contribution in [3.05, 3.63) is 60.2 Å². The van der Waals surface area contributed by atoms with Crippen LogP contribution in [0.4, 0.5) is 5.69 Å². The lowest BCUT2D eigenvalue weighted by Gasteiger charge is -2.06. The molecular formula is C16H14N2O. The summed E-state index contributed by atoms with van der Waals surface area (Å²) in [5.74, 6) is 1.52. The molecule has 0 radical (unpaired) electrons. The van der Waals surface area contributed by atoms with E-state index in [1.807, 2.05) is 48.6 Å². The summed E-state index contributed by atoms with van der Waals surface area (Å²) in [6.07, 6.45) is 4.16. The standard InChI is InChI=1S/C16H14N2O/c17-12-2-1-3-13-4-8-15(9-5-13)19-16-10-6-14(18)7-11-16/h1,3-11H,2,18H2. The van der Waals surface area contributed by atoms with E-state index in [-0.39, 0.29) is 0 Å². The van der Waals surface area contributed by atoms with E-state index in [9.17, 15) is 0 Å². The molecule has 0 bridgehead atoms. The molecule has 3 nitrogen and oxygen atoms in total. The number of anilines is 1. The number of nitrogens with zero attached hydrogens (tertiary/aromatic N) is 1. The highest BCUT2D eigenvalue weighted by atomic mass is 16.5. The van der Waals surface area contributed by atoms with Crippen molar-refractivity contribution >= 4 is 11.8 Å². The van der Waals surface area contributed by atoms with Gasteiger partial charge in [-0.25, -0.2) is 0 Å². The summed E-state index contributed by atoms with van der Waals surface area (Å²) in [5.41, 5.74) is 7.37. The van der Waals surface area contributed by atoms with E-state index >= 15 is 0 Å².